The number of aldehydes is 1. The molecular weight excluding hydrogens is 633 g/mol. The summed E-state index contributed by atoms with van der Waals surface area (Å²) in [5.41, 5.74) is 1.37. The van der Waals surface area contributed by atoms with Gasteiger partial charge in [-0.25, -0.2) is 14.2 Å². The molecule has 0 atom stereocenters. The van der Waals surface area contributed by atoms with E-state index in [1.54, 1.807) is 14.0 Å². The zero-order valence-electron chi connectivity index (χ0n) is 20.1. The van der Waals surface area contributed by atoms with E-state index in [4.69, 9.17) is 73.3 Å². The van der Waals surface area contributed by atoms with E-state index in [9.17, 15) is 19.2 Å². The van der Waals surface area contributed by atoms with Crippen LogP contribution in [0.4, 0.5) is 0 Å². The summed E-state index contributed by atoms with van der Waals surface area (Å²) in [4.78, 5) is 41.3. The molecule has 20 heteroatoms. The first-order chi connectivity index (χ1) is 16.2. The molecule has 0 aliphatic carbocycles. The topological polar surface area (TPSA) is 233 Å². The van der Waals surface area contributed by atoms with Crippen LogP contribution in [0.1, 0.15) is 6.92 Å². The molecule has 206 valence electrons. The van der Waals surface area contributed by atoms with E-state index in [-0.39, 0.29) is 96.1 Å². The average Bonchev–Trinajstić information content (AvgIpc) is 2.82. The second kappa shape index (κ2) is 27.0. The van der Waals surface area contributed by atoms with Crippen molar-refractivity contribution in [3.8, 4) is 5.75 Å². The molecule has 14 nitrogen and oxygen atoms in total. The van der Waals surface area contributed by atoms with E-state index < -0.39 is 21.6 Å². The summed E-state index contributed by atoms with van der Waals surface area (Å²) in [7, 11) is 4.61. The van der Waals surface area contributed by atoms with Gasteiger partial charge in [0, 0.05) is 20.7 Å². The monoisotopic (exact) mass is 654 g/mol. The van der Waals surface area contributed by atoms with Crippen molar-refractivity contribution in [1.82, 2.24) is 25.0 Å². The number of carboxylic acids is 1. The SMILES string of the molecule is CCO.CNN.Cn1ncc(Cl)c(Cl)c1=O.Cn1ncc(O)c(Cl)c1=O.O=C/C(Cl)=C(/Cl)C(=O)O.[K+].[OH-]. The third-order valence-electron chi connectivity index (χ3n) is 2.60. The number of allylic oxidation sites excluding steroid dienone is 1. The third-order valence-corrected chi connectivity index (χ3v) is 4.44. The van der Waals surface area contributed by atoms with Gasteiger partial charge in [0.05, 0.1) is 17.4 Å². The summed E-state index contributed by atoms with van der Waals surface area (Å²) in [6.07, 6.45) is 2.60. The minimum absolute atomic E-state index is 0. The van der Waals surface area contributed by atoms with Crippen LogP contribution in [-0.2, 0) is 23.7 Å². The zero-order valence-corrected chi connectivity index (χ0v) is 27.0. The van der Waals surface area contributed by atoms with Crippen LogP contribution >= 0.6 is 58.0 Å². The number of aryl methyl sites for hydroxylation is 2. The van der Waals surface area contributed by atoms with Gasteiger partial charge < -0.3 is 20.8 Å². The molecule has 0 fully saturated rings. The molecule has 2 aromatic rings. The number of aliphatic hydroxyl groups excluding tert-OH is 1. The Labute approximate surface area is 278 Å². The number of halogens is 5. The number of nitrogens with two attached hydrogens (primary N) is 1. The van der Waals surface area contributed by atoms with Crippen molar-refractivity contribution >= 4 is 70.3 Å². The summed E-state index contributed by atoms with van der Waals surface area (Å²) < 4.78 is 2.16. The average molecular weight is 657 g/mol. The van der Waals surface area contributed by atoms with Crippen LogP contribution in [-0.4, -0.2) is 66.3 Å². The maximum atomic E-state index is 10.9. The number of aromatic nitrogens is 4. The molecule has 2 heterocycles. The van der Waals surface area contributed by atoms with Crippen LogP contribution in [0.3, 0.4) is 0 Å². The predicted octanol–water partition coefficient (Wildman–Crippen LogP) is -1.91. The summed E-state index contributed by atoms with van der Waals surface area (Å²) in [5, 5.41) is 30.4. The Balaban J connectivity index is -0.000000122. The van der Waals surface area contributed by atoms with Crippen LogP contribution in [0, 0.1) is 0 Å². The molecule has 2 aromatic heterocycles. The summed E-state index contributed by atoms with van der Waals surface area (Å²) in [5.74, 6) is 2.90. The van der Waals surface area contributed by atoms with E-state index in [2.05, 4.69) is 21.5 Å². The Kier molecular flexibility index (Phi) is 33.7. The van der Waals surface area contributed by atoms with E-state index in [0.717, 1.165) is 15.6 Å². The Morgan fingerprint density at radius 1 is 1.08 bits per heavy atom. The predicted molar refractivity (Wildman–Crippen MR) is 136 cm³/mol. The standard InChI is InChI=1S/C5H4Cl2N2O.C5H5ClN2O2.C4H2Cl2O3.C2H6O.CH6N2.K.H2O/c1-9-5(10)4(7)3(6)2-8-9;1-8-5(10)4(6)3(9)2-7-8;5-2(1-7)3(6)4(8)9;1-2-3;1-3-2;;/h2H,1H3;2,9H,1H3;1H,(H,8,9);2*3H,2H2,1H3;;1H2/q;;;;;+1;/p-1/b;;3-2-;;;;. The van der Waals surface area contributed by atoms with Crippen LogP contribution in [0.25, 0.3) is 0 Å². The van der Waals surface area contributed by atoms with Crippen LogP contribution < -0.4 is 73.8 Å². The first-order valence-electron chi connectivity index (χ1n) is 8.68. The molecule has 0 saturated carbocycles. The number of aliphatic carboxylic acids is 1. The first-order valence-corrected chi connectivity index (χ1v) is 10.6. The van der Waals surface area contributed by atoms with Gasteiger partial charge in [0.1, 0.15) is 15.1 Å². The van der Waals surface area contributed by atoms with Crippen LogP contribution in [0.15, 0.2) is 32.0 Å². The zero-order chi connectivity index (χ0) is 28.3. The Hall–Kier alpha value is -0.634. The molecule has 0 amide bonds. The van der Waals surface area contributed by atoms with Crippen LogP contribution in [0.5, 0.6) is 5.75 Å². The van der Waals surface area contributed by atoms with Gasteiger partial charge in [-0.1, -0.05) is 58.0 Å². The molecule has 0 saturated heterocycles. The van der Waals surface area contributed by atoms with Crippen molar-refractivity contribution < 1.29 is 81.8 Å². The maximum absolute atomic E-state index is 10.9. The number of hydrogen-bond donors (Lipinski definition) is 5. The van der Waals surface area contributed by atoms with Gasteiger partial charge in [-0.2, -0.15) is 10.2 Å². The number of carbonyl (C=O) groups is 2. The first kappa shape index (κ1) is 46.2. The van der Waals surface area contributed by atoms with Crippen LogP contribution in [0.2, 0.25) is 15.1 Å². The number of hydrazine groups is 1. The molecule has 7 N–H and O–H groups in total. The number of carboxylic acid groups (broad SMARTS) is 1. The summed E-state index contributed by atoms with van der Waals surface area (Å²) >= 11 is 26.3. The van der Waals surface area contributed by atoms with Crippen molar-refractivity contribution in [2.45, 2.75) is 6.92 Å². The van der Waals surface area contributed by atoms with Gasteiger partial charge >= 0.3 is 57.4 Å². The third kappa shape index (κ3) is 20.9. The fraction of sp³-hybridized carbons (Fsp3) is 0.294. The van der Waals surface area contributed by atoms with Crippen molar-refractivity contribution in [2.75, 3.05) is 13.7 Å². The summed E-state index contributed by atoms with van der Waals surface area (Å²) in [6.45, 7) is 1.93. The van der Waals surface area contributed by atoms with Gasteiger partial charge in [0.15, 0.2) is 17.1 Å². The number of rotatable bonds is 2. The smallest absolute Gasteiger partial charge is 0.870 e. The molecule has 0 bridgehead atoms. The largest absolute Gasteiger partial charge is 1.00 e. The van der Waals surface area contributed by atoms with Gasteiger partial charge in [-0.15, -0.1) is 0 Å². The Morgan fingerprint density at radius 2 is 1.43 bits per heavy atom. The fourth-order valence-electron chi connectivity index (χ4n) is 1.15. The summed E-state index contributed by atoms with van der Waals surface area (Å²) in [6, 6.07) is 0. The van der Waals surface area contributed by atoms with Gasteiger partial charge in [-0.05, 0) is 14.0 Å². The number of nitrogens with zero attached hydrogens (tertiary/aromatic N) is 4. The second-order valence-corrected chi connectivity index (χ2v) is 7.15. The van der Waals surface area contributed by atoms with Gasteiger partial charge in [0.25, 0.3) is 11.1 Å². The Morgan fingerprint density at radius 3 is 1.70 bits per heavy atom. The van der Waals surface area contributed by atoms with E-state index in [1.165, 1.54) is 20.3 Å². The second-order valence-electron chi connectivity index (χ2n) is 5.20. The number of aromatic hydroxyl groups is 1. The van der Waals surface area contributed by atoms with E-state index in [1.807, 2.05) is 0 Å². The number of hydrogen-bond acceptors (Lipinski definition) is 11. The number of aliphatic hydroxyl groups is 1. The molecule has 2 rings (SSSR count). The molecule has 0 spiro atoms. The molecule has 0 aliphatic rings. The minimum atomic E-state index is -1.41. The molecule has 0 aliphatic heterocycles. The number of nitrogens with one attached hydrogen (secondary N) is 1. The van der Waals surface area contributed by atoms with Crippen molar-refractivity contribution in [3.05, 3.63) is 58.2 Å². The molecule has 0 unspecified atom stereocenters. The molecule has 0 radical (unpaired) electrons. The molecule has 0 aromatic carbocycles. The molecular formula is C17H24Cl5KN6O8. The quantitative estimate of drug-likeness (QED) is 0.0784. The van der Waals surface area contributed by atoms with Crippen molar-refractivity contribution in [3.63, 3.8) is 0 Å². The van der Waals surface area contributed by atoms with Gasteiger partial charge in [-0.3, -0.25) is 25.7 Å². The normalized spacial score (nSPS) is 9.27. The Bertz CT molecular complexity index is 1040. The minimum Gasteiger partial charge on any atom is -0.870 e. The fourth-order valence-corrected chi connectivity index (χ4v) is 1.74. The van der Waals surface area contributed by atoms with Crippen molar-refractivity contribution in [2.24, 2.45) is 19.9 Å². The van der Waals surface area contributed by atoms with E-state index in [0.29, 0.717) is 0 Å². The van der Waals surface area contributed by atoms with E-state index >= 15 is 0 Å². The molecule has 37 heavy (non-hydrogen) atoms. The van der Waals surface area contributed by atoms with Crippen molar-refractivity contribution in [1.29, 1.82) is 0 Å². The number of carbonyl (C=O) groups excluding carboxylic acids is 1. The maximum Gasteiger partial charge on any atom is 1.00 e. The van der Waals surface area contributed by atoms with Gasteiger partial charge in [0.2, 0.25) is 0 Å².